The predicted octanol–water partition coefficient (Wildman–Crippen LogP) is 3.49. The summed E-state index contributed by atoms with van der Waals surface area (Å²) in [5.74, 6) is 4.09. The first kappa shape index (κ1) is 22.4. The van der Waals surface area contributed by atoms with Crippen molar-refractivity contribution in [3.05, 3.63) is 35.9 Å². The number of nitrogens with zero attached hydrogens (tertiary/aromatic N) is 1. The molecule has 8 heteroatoms. The summed E-state index contributed by atoms with van der Waals surface area (Å²) in [4.78, 5) is 4.70. The minimum Gasteiger partial charge on any atom is -0.493 e. The molecule has 8 nitrogen and oxygen atoms in total. The highest BCUT2D eigenvalue weighted by Crippen LogP contribution is 2.39. The molecular weight excluding hydrogens is 398 g/mol. The molecule has 31 heavy (non-hydrogen) atoms. The monoisotopic (exact) mass is 429 g/mol. The van der Waals surface area contributed by atoms with E-state index in [2.05, 4.69) is 10.6 Å². The first-order valence-corrected chi connectivity index (χ1v) is 10.4. The lowest BCUT2D eigenvalue weighted by Crippen LogP contribution is -2.30. The largest absolute Gasteiger partial charge is 0.493 e. The molecule has 2 aromatic rings. The van der Waals surface area contributed by atoms with Gasteiger partial charge in [-0.1, -0.05) is 6.07 Å². The lowest BCUT2D eigenvalue weighted by atomic mass is 10.1. The van der Waals surface area contributed by atoms with Crippen molar-refractivity contribution >= 4 is 11.6 Å². The van der Waals surface area contributed by atoms with Crippen molar-refractivity contribution in [2.24, 2.45) is 4.99 Å². The van der Waals surface area contributed by atoms with Gasteiger partial charge in [0.25, 0.3) is 0 Å². The molecule has 1 aliphatic heterocycles. The van der Waals surface area contributed by atoms with Crippen LogP contribution in [0.3, 0.4) is 0 Å². The van der Waals surface area contributed by atoms with Gasteiger partial charge in [-0.3, -0.25) is 4.99 Å². The molecule has 0 atom stereocenters. The van der Waals surface area contributed by atoms with E-state index in [0.29, 0.717) is 49.4 Å². The van der Waals surface area contributed by atoms with E-state index in [1.54, 1.807) is 21.3 Å². The minimum atomic E-state index is 0.561. The molecule has 0 aliphatic carbocycles. The Kier molecular flexibility index (Phi) is 8.09. The molecule has 0 saturated heterocycles. The first-order chi connectivity index (χ1) is 15.2. The number of anilines is 1. The Hall–Kier alpha value is -3.29. The van der Waals surface area contributed by atoms with Crippen LogP contribution in [0.4, 0.5) is 5.69 Å². The van der Waals surface area contributed by atoms with Crippen LogP contribution in [-0.2, 0) is 6.42 Å². The summed E-state index contributed by atoms with van der Waals surface area (Å²) in [7, 11) is 4.83. The average Bonchev–Trinajstić information content (AvgIpc) is 3.03. The van der Waals surface area contributed by atoms with Crippen molar-refractivity contribution in [1.82, 2.24) is 5.32 Å². The van der Waals surface area contributed by atoms with E-state index >= 15 is 0 Å². The summed E-state index contributed by atoms with van der Waals surface area (Å²) in [6.45, 7) is 4.66. The third kappa shape index (κ3) is 5.65. The number of aliphatic imine (C=N–C) groups is 1. The Labute approximate surface area is 183 Å². The van der Waals surface area contributed by atoms with Crippen molar-refractivity contribution < 1.29 is 23.7 Å². The summed E-state index contributed by atoms with van der Waals surface area (Å²) in [6.07, 6.45) is 1.56. The summed E-state index contributed by atoms with van der Waals surface area (Å²) in [6, 6.07) is 9.66. The van der Waals surface area contributed by atoms with Crippen LogP contribution in [0.2, 0.25) is 0 Å². The van der Waals surface area contributed by atoms with Gasteiger partial charge in [-0.2, -0.15) is 0 Å². The zero-order chi connectivity index (χ0) is 22.1. The van der Waals surface area contributed by atoms with E-state index in [9.17, 15) is 0 Å². The van der Waals surface area contributed by atoms with E-state index in [0.717, 1.165) is 35.7 Å². The van der Waals surface area contributed by atoms with Crippen LogP contribution in [0.1, 0.15) is 18.9 Å². The van der Waals surface area contributed by atoms with Crippen molar-refractivity contribution in [1.29, 1.82) is 0 Å². The van der Waals surface area contributed by atoms with Crippen LogP contribution in [0.15, 0.2) is 35.3 Å². The van der Waals surface area contributed by atoms with Crippen LogP contribution in [0.25, 0.3) is 0 Å². The Bertz CT molecular complexity index is 901. The molecule has 0 fully saturated rings. The number of methoxy groups -OCH3 is 3. The fraction of sp³-hybridized carbons (Fsp3) is 0.435. The summed E-state index contributed by atoms with van der Waals surface area (Å²) < 4.78 is 27.9. The van der Waals surface area contributed by atoms with Gasteiger partial charge in [-0.05, 0) is 31.5 Å². The standard InChI is InChI=1S/C23H31N3O5/c1-5-24-23(26-17-8-10-18-20(15-17)31-14-6-13-30-18)25-12-11-16-7-9-19(27-2)22(29-4)21(16)28-3/h7-10,15H,5-6,11-14H2,1-4H3,(H2,24,25,26). The molecule has 2 N–H and O–H groups in total. The van der Waals surface area contributed by atoms with Crippen LogP contribution >= 0.6 is 0 Å². The van der Waals surface area contributed by atoms with Crippen molar-refractivity contribution in [2.75, 3.05) is 52.9 Å². The number of benzene rings is 2. The maximum Gasteiger partial charge on any atom is 0.203 e. The molecule has 0 radical (unpaired) electrons. The lowest BCUT2D eigenvalue weighted by molar-refractivity contribution is 0.297. The van der Waals surface area contributed by atoms with Gasteiger partial charge >= 0.3 is 0 Å². The number of rotatable bonds is 8. The highest BCUT2D eigenvalue weighted by atomic mass is 16.5. The molecule has 0 unspecified atom stereocenters. The summed E-state index contributed by atoms with van der Waals surface area (Å²) in [5.41, 5.74) is 1.88. The van der Waals surface area contributed by atoms with Gasteiger partial charge in [0.15, 0.2) is 29.0 Å². The van der Waals surface area contributed by atoms with E-state index in [1.807, 2.05) is 37.3 Å². The second-order valence-corrected chi connectivity index (χ2v) is 6.84. The number of fused-ring (bicyclic) bond motifs is 1. The summed E-state index contributed by atoms with van der Waals surface area (Å²) in [5, 5.41) is 6.60. The van der Waals surface area contributed by atoms with Crippen LogP contribution in [-0.4, -0.2) is 53.6 Å². The number of nitrogens with one attached hydrogen (secondary N) is 2. The van der Waals surface area contributed by atoms with E-state index in [1.165, 1.54) is 0 Å². The number of ether oxygens (including phenoxy) is 5. The molecule has 2 aromatic carbocycles. The third-order valence-electron chi connectivity index (χ3n) is 4.79. The van der Waals surface area contributed by atoms with Crippen molar-refractivity contribution in [3.8, 4) is 28.7 Å². The fourth-order valence-corrected chi connectivity index (χ4v) is 3.33. The van der Waals surface area contributed by atoms with Crippen molar-refractivity contribution in [3.63, 3.8) is 0 Å². The van der Waals surface area contributed by atoms with Gasteiger partial charge in [0.1, 0.15) is 0 Å². The second kappa shape index (κ2) is 11.2. The van der Waals surface area contributed by atoms with Crippen LogP contribution < -0.4 is 34.3 Å². The molecule has 1 aliphatic rings. The normalized spacial score (nSPS) is 13.2. The zero-order valence-electron chi connectivity index (χ0n) is 18.6. The topological polar surface area (TPSA) is 82.6 Å². The van der Waals surface area contributed by atoms with Gasteiger partial charge < -0.3 is 34.3 Å². The highest BCUT2D eigenvalue weighted by molar-refractivity contribution is 5.93. The molecule has 0 amide bonds. The van der Waals surface area contributed by atoms with Gasteiger partial charge in [0.2, 0.25) is 5.75 Å². The Morgan fingerprint density at radius 2 is 1.74 bits per heavy atom. The van der Waals surface area contributed by atoms with Gasteiger partial charge in [0, 0.05) is 36.8 Å². The predicted molar refractivity (Wildman–Crippen MR) is 121 cm³/mol. The first-order valence-electron chi connectivity index (χ1n) is 10.4. The molecule has 0 bridgehead atoms. The molecule has 1 heterocycles. The SMILES string of the molecule is CCNC(=NCCc1ccc(OC)c(OC)c1OC)Nc1ccc2c(c1)OCCCO2. The Morgan fingerprint density at radius 1 is 0.968 bits per heavy atom. The zero-order valence-corrected chi connectivity index (χ0v) is 18.6. The van der Waals surface area contributed by atoms with Gasteiger partial charge in [0.05, 0.1) is 34.5 Å². The maximum atomic E-state index is 5.77. The van der Waals surface area contributed by atoms with Crippen molar-refractivity contribution in [2.45, 2.75) is 19.8 Å². The fourth-order valence-electron chi connectivity index (χ4n) is 3.33. The molecule has 0 aromatic heterocycles. The van der Waals surface area contributed by atoms with Gasteiger partial charge in [-0.25, -0.2) is 0 Å². The van der Waals surface area contributed by atoms with Gasteiger partial charge in [-0.15, -0.1) is 0 Å². The lowest BCUT2D eigenvalue weighted by Gasteiger charge is -2.16. The molecule has 168 valence electrons. The molecular formula is C23H31N3O5. The minimum absolute atomic E-state index is 0.561. The maximum absolute atomic E-state index is 5.77. The van der Waals surface area contributed by atoms with E-state index in [-0.39, 0.29) is 0 Å². The average molecular weight is 430 g/mol. The smallest absolute Gasteiger partial charge is 0.203 e. The molecule has 3 rings (SSSR count). The number of guanidine groups is 1. The summed E-state index contributed by atoms with van der Waals surface area (Å²) >= 11 is 0. The van der Waals surface area contributed by atoms with Crippen LogP contribution in [0.5, 0.6) is 28.7 Å². The molecule has 0 saturated carbocycles. The second-order valence-electron chi connectivity index (χ2n) is 6.84. The van der Waals surface area contributed by atoms with E-state index < -0.39 is 0 Å². The van der Waals surface area contributed by atoms with Crippen LogP contribution in [0, 0.1) is 0 Å². The third-order valence-corrected chi connectivity index (χ3v) is 4.79. The van der Waals surface area contributed by atoms with E-state index in [4.69, 9.17) is 28.7 Å². The number of hydrogen-bond donors (Lipinski definition) is 2. The number of hydrogen-bond acceptors (Lipinski definition) is 6. The molecule has 0 spiro atoms. The Balaban J connectivity index is 1.71. The Morgan fingerprint density at radius 3 is 2.45 bits per heavy atom. The highest BCUT2D eigenvalue weighted by Gasteiger charge is 2.15. The quantitative estimate of drug-likeness (QED) is 0.491.